The molecule has 0 bridgehead atoms. The average Bonchev–Trinajstić information content (AvgIpc) is 3.17. The van der Waals surface area contributed by atoms with Crippen molar-refractivity contribution in [3.63, 3.8) is 0 Å². The molecule has 2 aromatic rings. The summed E-state index contributed by atoms with van der Waals surface area (Å²) in [5, 5.41) is 7.38. The van der Waals surface area contributed by atoms with Gasteiger partial charge in [0.15, 0.2) is 5.82 Å². The van der Waals surface area contributed by atoms with Gasteiger partial charge in [-0.2, -0.15) is 5.10 Å². The number of thiophene rings is 1. The molecule has 0 fully saturated rings. The molecule has 1 unspecified atom stereocenters. The molecule has 0 radical (unpaired) electrons. The largest absolute Gasteiger partial charge is 0.308 e. The Morgan fingerprint density at radius 2 is 2.19 bits per heavy atom. The summed E-state index contributed by atoms with van der Waals surface area (Å²) in [5.41, 5.74) is 1.68. The average molecular weight is 375 g/mol. The fraction of sp³-hybridized carbons (Fsp3) is 0.600. The number of nitrogens with zero attached hydrogens (tertiary/aromatic N) is 3. The Morgan fingerprint density at radius 1 is 1.42 bits per heavy atom. The van der Waals surface area contributed by atoms with Crippen molar-refractivity contribution in [3.05, 3.63) is 33.6 Å². The van der Waals surface area contributed by atoms with Gasteiger partial charge in [0.05, 0.1) is 11.4 Å². The molecule has 0 saturated carbocycles. The van der Waals surface area contributed by atoms with Crippen LogP contribution in [0.25, 0.3) is 0 Å². The summed E-state index contributed by atoms with van der Waals surface area (Å²) in [6.45, 7) is 8.67. The van der Waals surface area contributed by atoms with Crippen LogP contribution in [-0.2, 0) is 19.4 Å². The number of rotatable bonds is 5. The van der Waals surface area contributed by atoms with Crippen LogP contribution in [0, 0.1) is 11.3 Å². The number of aryl methyl sites for hydroxylation is 1. The van der Waals surface area contributed by atoms with Gasteiger partial charge in [-0.05, 0) is 56.3 Å². The van der Waals surface area contributed by atoms with Crippen LogP contribution in [-0.4, -0.2) is 41.2 Å². The molecule has 1 aliphatic rings. The number of carbonyl (C=O) groups excluding carboxylic acids is 1. The molecule has 5 nitrogen and oxygen atoms in total. The summed E-state index contributed by atoms with van der Waals surface area (Å²) in [4.78, 5) is 16.9. The van der Waals surface area contributed by atoms with Crippen LogP contribution in [0.1, 0.15) is 47.3 Å². The van der Waals surface area contributed by atoms with Gasteiger partial charge in [0.1, 0.15) is 0 Å². The predicted molar refractivity (Wildman–Crippen MR) is 108 cm³/mol. The number of fused-ring (bicyclic) bond motifs is 1. The molecule has 1 atom stereocenters. The van der Waals surface area contributed by atoms with E-state index in [4.69, 9.17) is 0 Å². The fourth-order valence-corrected chi connectivity index (χ4v) is 4.51. The molecule has 6 heteroatoms. The van der Waals surface area contributed by atoms with Gasteiger partial charge in [0, 0.05) is 23.7 Å². The van der Waals surface area contributed by atoms with E-state index in [0.29, 0.717) is 17.2 Å². The first-order valence-corrected chi connectivity index (χ1v) is 10.1. The molecule has 1 N–H and O–H groups in total. The number of hydrogen-bond donors (Lipinski definition) is 1. The lowest BCUT2D eigenvalue weighted by atomic mass is 9.72. The van der Waals surface area contributed by atoms with Gasteiger partial charge >= 0.3 is 0 Å². The molecule has 0 aromatic carbocycles. The van der Waals surface area contributed by atoms with E-state index in [0.717, 1.165) is 30.8 Å². The third-order valence-electron chi connectivity index (χ3n) is 5.19. The Morgan fingerprint density at radius 3 is 2.88 bits per heavy atom. The zero-order valence-electron chi connectivity index (χ0n) is 16.5. The Balaban J connectivity index is 1.64. The van der Waals surface area contributed by atoms with Gasteiger partial charge < -0.3 is 10.2 Å². The highest BCUT2D eigenvalue weighted by Gasteiger charge is 2.30. The van der Waals surface area contributed by atoms with E-state index in [1.807, 2.05) is 31.0 Å². The third-order valence-corrected chi connectivity index (χ3v) is 6.43. The van der Waals surface area contributed by atoms with Crippen LogP contribution >= 0.6 is 11.3 Å². The third kappa shape index (κ3) is 4.54. The van der Waals surface area contributed by atoms with Crippen molar-refractivity contribution in [2.24, 2.45) is 11.3 Å². The summed E-state index contributed by atoms with van der Waals surface area (Å²) in [6, 6.07) is 3.95. The first kappa shape index (κ1) is 19.1. The van der Waals surface area contributed by atoms with Gasteiger partial charge in [0.25, 0.3) is 5.91 Å². The second-order valence-electron chi connectivity index (χ2n) is 8.59. The first-order chi connectivity index (χ1) is 12.2. The van der Waals surface area contributed by atoms with Crippen molar-refractivity contribution in [2.75, 3.05) is 26.0 Å². The van der Waals surface area contributed by atoms with Gasteiger partial charge in [-0.15, -0.1) is 11.3 Å². The van der Waals surface area contributed by atoms with Crippen molar-refractivity contribution >= 4 is 23.1 Å². The van der Waals surface area contributed by atoms with Crippen molar-refractivity contribution < 1.29 is 4.79 Å². The lowest BCUT2D eigenvalue weighted by molar-refractivity contribution is 0.103. The molecule has 2 heterocycles. The maximum Gasteiger partial charge on any atom is 0.266 e. The molecular weight excluding hydrogens is 344 g/mol. The van der Waals surface area contributed by atoms with Crippen LogP contribution in [0.2, 0.25) is 0 Å². The highest BCUT2D eigenvalue weighted by Crippen LogP contribution is 2.40. The van der Waals surface area contributed by atoms with Gasteiger partial charge in [-0.25, -0.2) is 0 Å². The first-order valence-electron chi connectivity index (χ1n) is 9.33. The van der Waals surface area contributed by atoms with Crippen LogP contribution in [0.4, 0.5) is 5.82 Å². The number of hydrogen-bond acceptors (Lipinski definition) is 4. The monoisotopic (exact) mass is 374 g/mol. The number of likely N-dealkylation sites (N-methyl/N-ethyl adjacent to an activating group) is 1. The Hall–Kier alpha value is -1.66. The SMILES string of the molecule is CN(C)CCn1ccc(NC(=O)c2cc3c(s2)CCC(C(C)(C)C)C3)n1. The Bertz CT molecular complexity index is 769. The lowest BCUT2D eigenvalue weighted by Crippen LogP contribution is -2.26. The quantitative estimate of drug-likeness (QED) is 0.863. The summed E-state index contributed by atoms with van der Waals surface area (Å²) >= 11 is 1.64. The van der Waals surface area contributed by atoms with Gasteiger partial charge in [-0.3, -0.25) is 9.48 Å². The molecule has 0 saturated heterocycles. The molecule has 142 valence electrons. The summed E-state index contributed by atoms with van der Waals surface area (Å²) in [6.07, 6.45) is 5.30. The molecule has 2 aromatic heterocycles. The summed E-state index contributed by atoms with van der Waals surface area (Å²) in [5.74, 6) is 1.26. The van der Waals surface area contributed by atoms with Crippen LogP contribution in [0.15, 0.2) is 18.3 Å². The van der Waals surface area contributed by atoms with Crippen molar-refractivity contribution in [3.8, 4) is 0 Å². The van der Waals surface area contributed by atoms with E-state index in [9.17, 15) is 4.79 Å². The van der Waals surface area contributed by atoms with Crippen molar-refractivity contribution in [1.29, 1.82) is 0 Å². The van der Waals surface area contributed by atoms with E-state index >= 15 is 0 Å². The normalized spacial score (nSPS) is 17.4. The smallest absolute Gasteiger partial charge is 0.266 e. The van der Waals surface area contributed by atoms with Gasteiger partial charge in [0.2, 0.25) is 0 Å². The topological polar surface area (TPSA) is 50.2 Å². The molecule has 1 amide bonds. The second-order valence-corrected chi connectivity index (χ2v) is 9.72. The molecule has 1 aliphatic carbocycles. The molecule has 0 aliphatic heterocycles. The van der Waals surface area contributed by atoms with E-state index in [-0.39, 0.29) is 5.91 Å². The van der Waals surface area contributed by atoms with Crippen molar-refractivity contribution in [1.82, 2.24) is 14.7 Å². The molecule has 3 rings (SSSR count). The summed E-state index contributed by atoms with van der Waals surface area (Å²) in [7, 11) is 4.07. The lowest BCUT2D eigenvalue weighted by Gasteiger charge is -2.33. The maximum atomic E-state index is 12.6. The minimum atomic E-state index is -0.0467. The predicted octanol–water partition coefficient (Wildman–Crippen LogP) is 3.91. The van der Waals surface area contributed by atoms with Crippen LogP contribution in [0.5, 0.6) is 0 Å². The number of nitrogens with one attached hydrogen (secondary N) is 1. The summed E-state index contributed by atoms with van der Waals surface area (Å²) < 4.78 is 1.86. The molecule has 0 spiro atoms. The number of amides is 1. The van der Waals surface area contributed by atoms with E-state index in [1.165, 1.54) is 16.9 Å². The molecular formula is C20H30N4OS. The maximum absolute atomic E-state index is 12.6. The van der Waals surface area contributed by atoms with Crippen molar-refractivity contribution in [2.45, 2.75) is 46.6 Å². The number of carbonyl (C=O) groups is 1. The van der Waals surface area contributed by atoms with Crippen LogP contribution in [0.3, 0.4) is 0 Å². The fourth-order valence-electron chi connectivity index (χ4n) is 3.41. The zero-order chi connectivity index (χ0) is 18.9. The standard InChI is InChI=1S/C20H30N4OS/c1-20(2,3)15-6-7-16-14(12-15)13-17(26-16)19(25)21-18-8-9-24(22-18)11-10-23(4)5/h8-9,13,15H,6-7,10-12H2,1-5H3,(H,21,22,25). The van der Waals surface area contributed by atoms with Crippen LogP contribution < -0.4 is 5.32 Å². The minimum Gasteiger partial charge on any atom is -0.308 e. The molecule has 26 heavy (non-hydrogen) atoms. The zero-order valence-corrected chi connectivity index (χ0v) is 17.3. The number of aromatic nitrogens is 2. The Labute approximate surface area is 160 Å². The minimum absolute atomic E-state index is 0.0467. The number of anilines is 1. The second kappa shape index (κ2) is 7.53. The van der Waals surface area contributed by atoms with Gasteiger partial charge in [-0.1, -0.05) is 20.8 Å². The highest BCUT2D eigenvalue weighted by atomic mass is 32.1. The van der Waals surface area contributed by atoms with E-state index in [1.54, 1.807) is 11.3 Å². The van der Waals surface area contributed by atoms with E-state index in [2.05, 4.69) is 42.2 Å². The Kier molecular flexibility index (Phi) is 5.53. The van der Waals surface area contributed by atoms with E-state index < -0.39 is 0 Å². The highest BCUT2D eigenvalue weighted by molar-refractivity contribution is 7.14.